The number of carbonyl (C=O) groups excluding carboxylic acids is 1. The van der Waals surface area contributed by atoms with Crippen LogP contribution < -0.4 is 14.8 Å². The van der Waals surface area contributed by atoms with Crippen molar-refractivity contribution in [2.24, 2.45) is 5.92 Å². The number of nitrogens with one attached hydrogen (secondary N) is 1. The molecular formula is C26H32N4O4. The Bertz CT molecular complexity index is 1090. The summed E-state index contributed by atoms with van der Waals surface area (Å²) in [5.41, 5.74) is 3.23. The van der Waals surface area contributed by atoms with Crippen molar-refractivity contribution in [3.8, 4) is 22.9 Å². The molecule has 0 bridgehead atoms. The number of aromatic nitrogens is 2. The summed E-state index contributed by atoms with van der Waals surface area (Å²) >= 11 is 0. The van der Waals surface area contributed by atoms with Crippen LogP contribution in [0.2, 0.25) is 0 Å². The number of aryl methyl sites for hydroxylation is 1. The third-order valence-corrected chi connectivity index (χ3v) is 6.33. The lowest BCUT2D eigenvalue weighted by molar-refractivity contribution is -0.126. The molecule has 1 N–H and O–H groups in total. The number of likely N-dealkylation sites (tertiary alicyclic amines) is 1. The van der Waals surface area contributed by atoms with Gasteiger partial charge in [-0.3, -0.25) is 9.69 Å². The smallest absolute Gasteiger partial charge is 0.241 e. The summed E-state index contributed by atoms with van der Waals surface area (Å²) in [5, 5.41) is 7.21. The first-order chi connectivity index (χ1) is 16.6. The second kappa shape index (κ2) is 11.2. The largest absolute Gasteiger partial charge is 0.493 e. The third kappa shape index (κ3) is 5.75. The first-order valence-corrected chi connectivity index (χ1v) is 11.7. The molecule has 0 unspecified atom stereocenters. The van der Waals surface area contributed by atoms with Gasteiger partial charge in [0.2, 0.25) is 17.6 Å². The molecule has 2 aromatic carbocycles. The maximum Gasteiger partial charge on any atom is 0.241 e. The average Bonchev–Trinajstić information content (AvgIpc) is 3.36. The number of nitrogens with zero attached hydrogens (tertiary/aromatic N) is 3. The van der Waals surface area contributed by atoms with Crippen LogP contribution in [0.5, 0.6) is 11.5 Å². The van der Waals surface area contributed by atoms with Crippen LogP contribution in [0.15, 0.2) is 47.0 Å². The van der Waals surface area contributed by atoms with Crippen molar-refractivity contribution >= 4 is 5.91 Å². The Morgan fingerprint density at radius 3 is 2.44 bits per heavy atom. The summed E-state index contributed by atoms with van der Waals surface area (Å²) in [6.45, 7) is 4.91. The molecule has 4 rings (SSSR count). The van der Waals surface area contributed by atoms with E-state index in [1.165, 1.54) is 5.56 Å². The number of methoxy groups -OCH3 is 2. The van der Waals surface area contributed by atoms with Gasteiger partial charge in [0.05, 0.1) is 20.8 Å². The van der Waals surface area contributed by atoms with Crippen LogP contribution in [-0.4, -0.2) is 48.3 Å². The Labute approximate surface area is 200 Å². The summed E-state index contributed by atoms with van der Waals surface area (Å²) in [6.07, 6.45) is 2.65. The Balaban J connectivity index is 1.25. The monoisotopic (exact) mass is 464 g/mol. The topological polar surface area (TPSA) is 89.7 Å². The highest BCUT2D eigenvalue weighted by atomic mass is 16.5. The van der Waals surface area contributed by atoms with E-state index < -0.39 is 0 Å². The van der Waals surface area contributed by atoms with E-state index in [1.54, 1.807) is 14.2 Å². The minimum absolute atomic E-state index is 0.0381. The highest BCUT2D eigenvalue weighted by Crippen LogP contribution is 2.31. The molecule has 1 amide bonds. The van der Waals surface area contributed by atoms with E-state index in [9.17, 15) is 4.79 Å². The molecule has 1 saturated heterocycles. The number of amides is 1. The van der Waals surface area contributed by atoms with Crippen LogP contribution in [-0.2, 0) is 24.3 Å². The van der Waals surface area contributed by atoms with Crippen molar-refractivity contribution in [1.82, 2.24) is 20.4 Å². The highest BCUT2D eigenvalue weighted by Gasteiger charge is 2.26. The second-order valence-corrected chi connectivity index (χ2v) is 8.52. The van der Waals surface area contributed by atoms with Crippen molar-refractivity contribution in [2.45, 2.75) is 39.3 Å². The number of ether oxygens (including phenoxy) is 2. The van der Waals surface area contributed by atoms with E-state index in [-0.39, 0.29) is 11.8 Å². The van der Waals surface area contributed by atoms with Crippen molar-refractivity contribution in [3.05, 3.63) is 59.5 Å². The van der Waals surface area contributed by atoms with E-state index in [4.69, 9.17) is 14.0 Å². The molecule has 1 aromatic heterocycles. The van der Waals surface area contributed by atoms with E-state index in [2.05, 4.69) is 51.5 Å². The van der Waals surface area contributed by atoms with Gasteiger partial charge in [0, 0.05) is 18.0 Å². The Hall–Kier alpha value is -3.39. The molecule has 8 heteroatoms. The van der Waals surface area contributed by atoms with Gasteiger partial charge < -0.3 is 19.3 Å². The van der Waals surface area contributed by atoms with Crippen LogP contribution in [0.3, 0.4) is 0 Å². The summed E-state index contributed by atoms with van der Waals surface area (Å²) in [4.78, 5) is 19.4. The molecule has 0 aliphatic carbocycles. The predicted molar refractivity (Wildman–Crippen MR) is 129 cm³/mol. The lowest BCUT2D eigenvalue weighted by atomic mass is 9.96. The average molecular weight is 465 g/mol. The molecule has 0 saturated carbocycles. The Kier molecular flexibility index (Phi) is 7.80. The molecule has 1 fully saturated rings. The van der Waals surface area contributed by atoms with E-state index in [0.29, 0.717) is 36.3 Å². The fourth-order valence-corrected chi connectivity index (χ4v) is 4.18. The second-order valence-electron chi connectivity index (χ2n) is 8.52. The van der Waals surface area contributed by atoms with Gasteiger partial charge in [0.1, 0.15) is 0 Å². The maximum absolute atomic E-state index is 12.6. The van der Waals surface area contributed by atoms with E-state index >= 15 is 0 Å². The lowest BCUT2D eigenvalue weighted by Gasteiger charge is -2.30. The Morgan fingerprint density at radius 1 is 1.06 bits per heavy atom. The van der Waals surface area contributed by atoms with Gasteiger partial charge >= 0.3 is 0 Å². The van der Waals surface area contributed by atoms with Crippen LogP contribution >= 0.6 is 0 Å². The minimum Gasteiger partial charge on any atom is -0.493 e. The van der Waals surface area contributed by atoms with Crippen LogP contribution in [0.25, 0.3) is 11.4 Å². The summed E-state index contributed by atoms with van der Waals surface area (Å²) in [7, 11) is 3.19. The van der Waals surface area contributed by atoms with Crippen molar-refractivity contribution < 1.29 is 18.8 Å². The first kappa shape index (κ1) is 23.8. The van der Waals surface area contributed by atoms with Crippen LogP contribution in [0.1, 0.15) is 36.8 Å². The number of piperidine rings is 1. The number of hydrogen-bond acceptors (Lipinski definition) is 7. The van der Waals surface area contributed by atoms with Gasteiger partial charge in [-0.2, -0.15) is 4.98 Å². The summed E-state index contributed by atoms with van der Waals surface area (Å²) in [6, 6.07) is 13.9. The molecule has 2 heterocycles. The fraction of sp³-hybridized carbons (Fsp3) is 0.423. The van der Waals surface area contributed by atoms with Crippen LogP contribution in [0, 0.1) is 5.92 Å². The van der Waals surface area contributed by atoms with Crippen LogP contribution in [0.4, 0.5) is 0 Å². The molecule has 0 atom stereocenters. The zero-order valence-corrected chi connectivity index (χ0v) is 20.0. The van der Waals surface area contributed by atoms with Gasteiger partial charge in [0.15, 0.2) is 11.5 Å². The molecular weight excluding hydrogens is 432 g/mol. The van der Waals surface area contributed by atoms with Crippen molar-refractivity contribution in [2.75, 3.05) is 27.3 Å². The molecule has 180 valence electrons. The molecule has 1 aliphatic rings. The normalized spacial score (nSPS) is 14.7. The van der Waals surface area contributed by atoms with Crippen molar-refractivity contribution in [1.29, 1.82) is 0 Å². The third-order valence-electron chi connectivity index (χ3n) is 6.33. The van der Waals surface area contributed by atoms with E-state index in [1.807, 2.05) is 18.2 Å². The maximum atomic E-state index is 12.6. The van der Waals surface area contributed by atoms with Gasteiger partial charge in [-0.15, -0.1) is 0 Å². The number of rotatable bonds is 9. The number of benzene rings is 2. The van der Waals surface area contributed by atoms with Crippen molar-refractivity contribution in [3.63, 3.8) is 0 Å². The van der Waals surface area contributed by atoms with Gasteiger partial charge in [-0.1, -0.05) is 36.3 Å². The summed E-state index contributed by atoms with van der Waals surface area (Å²) < 4.78 is 16.1. The highest BCUT2D eigenvalue weighted by molar-refractivity contribution is 5.78. The molecule has 8 nitrogen and oxygen atoms in total. The number of carbonyl (C=O) groups is 1. The first-order valence-electron chi connectivity index (χ1n) is 11.7. The molecule has 34 heavy (non-hydrogen) atoms. The molecule has 1 aliphatic heterocycles. The standard InChI is InChI=1S/C26H32N4O4/c1-4-18-5-7-19(8-6-18)16-27-26(31)20-11-13-30(14-12-20)17-24-28-25(29-34-24)21-9-10-22(32-2)23(15-21)33-3/h5-10,15,20H,4,11-14,16-17H2,1-3H3,(H,27,31). The molecule has 3 aromatic rings. The Morgan fingerprint density at radius 2 is 1.76 bits per heavy atom. The lowest BCUT2D eigenvalue weighted by Crippen LogP contribution is -2.40. The molecule has 0 radical (unpaired) electrons. The predicted octanol–water partition coefficient (Wildman–Crippen LogP) is 3.84. The zero-order chi connectivity index (χ0) is 23.9. The SMILES string of the molecule is CCc1ccc(CNC(=O)C2CCN(Cc3nc(-c4ccc(OC)c(OC)c4)no3)CC2)cc1. The number of hydrogen-bond donors (Lipinski definition) is 1. The van der Waals surface area contributed by atoms with E-state index in [0.717, 1.165) is 43.5 Å². The summed E-state index contributed by atoms with van der Waals surface area (Å²) in [5.74, 6) is 2.50. The van der Waals surface area contributed by atoms with Gasteiger partial charge in [-0.25, -0.2) is 0 Å². The quantitative estimate of drug-likeness (QED) is 0.514. The zero-order valence-electron chi connectivity index (χ0n) is 20.0. The fourth-order valence-electron chi connectivity index (χ4n) is 4.18. The van der Waals surface area contributed by atoms with Gasteiger partial charge in [0.25, 0.3) is 0 Å². The minimum atomic E-state index is 0.0381. The molecule has 0 spiro atoms. The van der Waals surface area contributed by atoms with Gasteiger partial charge in [-0.05, 0) is 61.7 Å².